The van der Waals surface area contributed by atoms with Gasteiger partial charge in [0.05, 0.1) is 11.4 Å². The summed E-state index contributed by atoms with van der Waals surface area (Å²) >= 11 is 1.59. The lowest BCUT2D eigenvalue weighted by atomic mass is 10.1. The molecule has 0 aliphatic carbocycles. The van der Waals surface area contributed by atoms with Gasteiger partial charge in [0.1, 0.15) is 10.7 Å². The molecule has 0 saturated carbocycles. The van der Waals surface area contributed by atoms with Gasteiger partial charge in [-0.05, 0) is 31.9 Å². The Bertz CT molecular complexity index is 520. The minimum atomic E-state index is 0.908. The van der Waals surface area contributed by atoms with Crippen molar-refractivity contribution >= 4 is 17.0 Å². The molecule has 0 saturated heterocycles. The van der Waals surface area contributed by atoms with Gasteiger partial charge in [-0.25, -0.2) is 4.98 Å². The number of aryl methyl sites for hydroxylation is 2. The molecule has 1 N–H and O–H groups in total. The summed E-state index contributed by atoms with van der Waals surface area (Å²) in [5.41, 5.74) is 3.25. The van der Waals surface area contributed by atoms with E-state index < -0.39 is 0 Å². The number of fused-ring (bicyclic) bond motifs is 1. The molecule has 1 aliphatic rings. The van der Waals surface area contributed by atoms with Gasteiger partial charge in [-0.1, -0.05) is 11.3 Å². The quantitative estimate of drug-likeness (QED) is 0.819. The lowest BCUT2D eigenvalue weighted by molar-refractivity contribution is 0.802. The number of hydrogen-bond donors (Lipinski definition) is 1. The van der Waals surface area contributed by atoms with E-state index in [4.69, 9.17) is 0 Å². The molecule has 0 aromatic carbocycles. The lowest BCUT2D eigenvalue weighted by Gasteiger charge is -2.16. The highest BCUT2D eigenvalue weighted by Gasteiger charge is 2.12. The first-order valence-corrected chi connectivity index (χ1v) is 6.19. The highest BCUT2D eigenvalue weighted by molar-refractivity contribution is 7.14. The third-order valence-electron chi connectivity index (χ3n) is 2.63. The fourth-order valence-electron chi connectivity index (χ4n) is 1.85. The van der Waals surface area contributed by atoms with Gasteiger partial charge in [-0.2, -0.15) is 0 Å². The van der Waals surface area contributed by atoms with Gasteiger partial charge in [-0.15, -0.1) is 10.2 Å². The van der Waals surface area contributed by atoms with Crippen LogP contribution in [0.25, 0.3) is 10.7 Å². The summed E-state index contributed by atoms with van der Waals surface area (Å²) in [4.78, 5) is 4.64. The van der Waals surface area contributed by atoms with E-state index in [1.807, 2.05) is 13.0 Å². The Labute approximate surface area is 97.8 Å². The van der Waals surface area contributed by atoms with Crippen LogP contribution in [0.4, 0.5) is 5.69 Å². The molecule has 82 valence electrons. The Hall–Kier alpha value is -1.49. The Morgan fingerprint density at radius 1 is 1.31 bits per heavy atom. The number of pyridine rings is 1. The molecule has 1 aliphatic heterocycles. The summed E-state index contributed by atoms with van der Waals surface area (Å²) in [7, 11) is 0. The maximum atomic E-state index is 4.64. The zero-order valence-corrected chi connectivity index (χ0v) is 9.84. The molecule has 0 unspecified atom stereocenters. The third-order valence-corrected chi connectivity index (χ3v) is 3.49. The molecule has 2 aromatic rings. The van der Waals surface area contributed by atoms with E-state index in [9.17, 15) is 0 Å². The second-order valence-corrected chi connectivity index (χ2v) is 5.03. The molecule has 3 rings (SSSR count). The third kappa shape index (κ3) is 1.67. The van der Waals surface area contributed by atoms with E-state index >= 15 is 0 Å². The van der Waals surface area contributed by atoms with Crippen molar-refractivity contribution in [3.05, 3.63) is 22.8 Å². The average molecular weight is 232 g/mol. The van der Waals surface area contributed by atoms with Gasteiger partial charge >= 0.3 is 0 Å². The summed E-state index contributed by atoms with van der Waals surface area (Å²) in [5, 5.41) is 13.4. The van der Waals surface area contributed by atoms with E-state index in [-0.39, 0.29) is 0 Å². The average Bonchev–Trinajstić information content (AvgIpc) is 2.75. The number of anilines is 1. The predicted octanol–water partition coefficient (Wildman–Crippen LogP) is 2.27. The predicted molar refractivity (Wildman–Crippen MR) is 64.7 cm³/mol. The summed E-state index contributed by atoms with van der Waals surface area (Å²) in [6, 6.07) is 4.10. The molecule has 0 fully saturated rings. The molecule has 0 radical (unpaired) electrons. The van der Waals surface area contributed by atoms with Crippen LogP contribution < -0.4 is 5.32 Å². The molecule has 0 atom stereocenters. The van der Waals surface area contributed by atoms with Crippen LogP contribution in [0.2, 0.25) is 0 Å². The second kappa shape index (κ2) is 3.83. The SMILES string of the molecule is Cc1nnc(-c2ccc3c(n2)CCCN3)s1. The van der Waals surface area contributed by atoms with Crippen molar-refractivity contribution in [1.29, 1.82) is 0 Å². The molecule has 4 nitrogen and oxygen atoms in total. The van der Waals surface area contributed by atoms with Crippen LogP contribution in [0, 0.1) is 6.92 Å². The summed E-state index contributed by atoms with van der Waals surface area (Å²) < 4.78 is 0. The lowest BCUT2D eigenvalue weighted by Crippen LogP contribution is -2.13. The monoisotopic (exact) mass is 232 g/mol. The normalized spacial score (nSPS) is 14.3. The van der Waals surface area contributed by atoms with Crippen molar-refractivity contribution in [2.24, 2.45) is 0 Å². The van der Waals surface area contributed by atoms with E-state index in [2.05, 4.69) is 26.6 Å². The minimum Gasteiger partial charge on any atom is -0.384 e. The molecule has 3 heterocycles. The van der Waals surface area contributed by atoms with Crippen LogP contribution in [0.5, 0.6) is 0 Å². The van der Waals surface area contributed by atoms with Gasteiger partial charge in [0.2, 0.25) is 0 Å². The maximum Gasteiger partial charge on any atom is 0.166 e. The first-order chi connectivity index (χ1) is 7.83. The zero-order valence-electron chi connectivity index (χ0n) is 9.03. The highest BCUT2D eigenvalue weighted by Crippen LogP contribution is 2.26. The van der Waals surface area contributed by atoms with E-state index in [0.717, 1.165) is 46.5 Å². The van der Waals surface area contributed by atoms with Crippen LogP contribution in [-0.4, -0.2) is 21.7 Å². The van der Waals surface area contributed by atoms with Gasteiger partial charge in [-0.3, -0.25) is 0 Å². The number of aromatic nitrogens is 3. The van der Waals surface area contributed by atoms with Crippen LogP contribution in [0.3, 0.4) is 0 Å². The molecule has 2 aromatic heterocycles. The molecule has 0 bridgehead atoms. The fraction of sp³-hybridized carbons (Fsp3) is 0.364. The van der Waals surface area contributed by atoms with Crippen molar-refractivity contribution in [1.82, 2.24) is 15.2 Å². The van der Waals surface area contributed by atoms with Crippen LogP contribution in [-0.2, 0) is 6.42 Å². The van der Waals surface area contributed by atoms with Gasteiger partial charge in [0.25, 0.3) is 0 Å². The molecule has 5 heteroatoms. The number of rotatable bonds is 1. The van der Waals surface area contributed by atoms with E-state index in [0.29, 0.717) is 0 Å². The van der Waals surface area contributed by atoms with Gasteiger partial charge in [0, 0.05) is 6.54 Å². The molecule has 0 spiro atoms. The van der Waals surface area contributed by atoms with Crippen molar-refractivity contribution in [2.45, 2.75) is 19.8 Å². The summed E-state index contributed by atoms with van der Waals surface area (Å²) in [6.45, 7) is 3.01. The first kappa shape index (κ1) is 9.72. The Kier molecular flexibility index (Phi) is 2.32. The zero-order chi connectivity index (χ0) is 11.0. The topological polar surface area (TPSA) is 50.7 Å². The van der Waals surface area contributed by atoms with Crippen LogP contribution >= 0.6 is 11.3 Å². The second-order valence-electron chi connectivity index (χ2n) is 3.85. The van der Waals surface area contributed by atoms with Crippen molar-refractivity contribution in [3.63, 3.8) is 0 Å². The van der Waals surface area contributed by atoms with Gasteiger partial charge in [0.15, 0.2) is 5.01 Å². The Morgan fingerprint density at radius 2 is 2.25 bits per heavy atom. The Morgan fingerprint density at radius 3 is 3.06 bits per heavy atom. The van der Waals surface area contributed by atoms with Crippen molar-refractivity contribution in [2.75, 3.05) is 11.9 Å². The van der Waals surface area contributed by atoms with Gasteiger partial charge < -0.3 is 5.32 Å². The van der Waals surface area contributed by atoms with Crippen molar-refractivity contribution in [3.8, 4) is 10.7 Å². The molecule has 0 amide bonds. The largest absolute Gasteiger partial charge is 0.384 e. The van der Waals surface area contributed by atoms with Crippen molar-refractivity contribution < 1.29 is 0 Å². The van der Waals surface area contributed by atoms with Crippen LogP contribution in [0.15, 0.2) is 12.1 Å². The van der Waals surface area contributed by atoms with E-state index in [1.165, 1.54) is 0 Å². The standard InChI is InChI=1S/C11H12N4S/c1-7-14-15-11(16-7)10-5-4-8-9(13-10)3-2-6-12-8/h4-5,12H,2-3,6H2,1H3. The van der Waals surface area contributed by atoms with Crippen LogP contribution in [0.1, 0.15) is 17.1 Å². The smallest absolute Gasteiger partial charge is 0.166 e. The Balaban J connectivity index is 2.02. The minimum absolute atomic E-state index is 0.908. The fourth-order valence-corrected chi connectivity index (χ4v) is 2.51. The maximum absolute atomic E-state index is 4.64. The number of nitrogens with one attached hydrogen (secondary N) is 1. The summed E-state index contributed by atoms with van der Waals surface area (Å²) in [6.07, 6.45) is 2.20. The number of hydrogen-bond acceptors (Lipinski definition) is 5. The molecular formula is C11H12N4S. The number of nitrogens with zero attached hydrogens (tertiary/aromatic N) is 3. The summed E-state index contributed by atoms with van der Waals surface area (Å²) in [5.74, 6) is 0. The molecular weight excluding hydrogens is 220 g/mol. The highest BCUT2D eigenvalue weighted by atomic mass is 32.1. The van der Waals surface area contributed by atoms with E-state index in [1.54, 1.807) is 11.3 Å². The molecule has 16 heavy (non-hydrogen) atoms. The first-order valence-electron chi connectivity index (χ1n) is 5.37.